The van der Waals surface area contributed by atoms with Crippen molar-refractivity contribution >= 4 is 34.1 Å². The monoisotopic (exact) mass is 440 g/mol. The Labute approximate surface area is 187 Å². The first-order valence-corrected chi connectivity index (χ1v) is 14.2. The van der Waals surface area contributed by atoms with E-state index in [1.54, 1.807) is 0 Å². The summed E-state index contributed by atoms with van der Waals surface area (Å²) in [6.45, 7) is 12.8. The van der Waals surface area contributed by atoms with Gasteiger partial charge in [0.2, 0.25) is 5.91 Å². The van der Waals surface area contributed by atoms with Crippen molar-refractivity contribution in [1.29, 1.82) is 0 Å². The van der Waals surface area contributed by atoms with E-state index in [1.807, 2.05) is 7.48 Å². The van der Waals surface area contributed by atoms with Gasteiger partial charge in [0.05, 0.1) is 5.60 Å². The van der Waals surface area contributed by atoms with E-state index in [9.17, 15) is 4.79 Å². The second kappa shape index (κ2) is 11.2. The smallest absolute Gasteiger partial charge is 0.293 e. The standard InChI is InChI=1S/C23H44BNO2PS/c1-7-8-15-28(6)25-21(26)20-16-17-11-9-12-18(17)19(20)13-10-14-24-27-22(2,3)23(4,5)29/h17-20,29H,7-16H2,1-6H3,(H,25,26). The van der Waals surface area contributed by atoms with Crippen molar-refractivity contribution < 1.29 is 9.45 Å². The number of thiol groups is 1. The first kappa shape index (κ1) is 25.5. The molecule has 6 heteroatoms. The minimum atomic E-state index is -0.352. The molecular weight excluding hydrogens is 396 g/mol. The van der Waals surface area contributed by atoms with Gasteiger partial charge in [-0.05, 0) is 92.0 Å². The van der Waals surface area contributed by atoms with Gasteiger partial charge in [0.15, 0.2) is 0 Å². The zero-order valence-corrected chi connectivity index (χ0v) is 21.5. The van der Waals surface area contributed by atoms with Crippen LogP contribution in [0.4, 0.5) is 0 Å². The van der Waals surface area contributed by atoms with Crippen LogP contribution in [-0.2, 0) is 9.45 Å². The van der Waals surface area contributed by atoms with Crippen molar-refractivity contribution in [2.75, 3.05) is 12.8 Å². The maximum atomic E-state index is 13.1. The van der Waals surface area contributed by atoms with E-state index in [-0.39, 0.29) is 24.3 Å². The van der Waals surface area contributed by atoms with Crippen LogP contribution in [0.15, 0.2) is 0 Å². The maximum Gasteiger partial charge on any atom is 0.293 e. The van der Waals surface area contributed by atoms with Crippen molar-refractivity contribution in [2.24, 2.45) is 23.7 Å². The summed E-state index contributed by atoms with van der Waals surface area (Å²) < 4.78 is 5.84. The Balaban J connectivity index is 1.83. The summed E-state index contributed by atoms with van der Waals surface area (Å²) in [7, 11) is 1.62. The Kier molecular flexibility index (Phi) is 9.89. The van der Waals surface area contributed by atoms with Gasteiger partial charge in [0.25, 0.3) is 7.48 Å². The molecule has 2 aliphatic rings. The molecule has 2 rings (SSSR count). The Morgan fingerprint density at radius 2 is 1.97 bits per heavy atom. The van der Waals surface area contributed by atoms with Gasteiger partial charge < -0.3 is 9.74 Å². The quantitative estimate of drug-likeness (QED) is 0.162. The van der Waals surface area contributed by atoms with Gasteiger partial charge in [-0.25, -0.2) is 0 Å². The van der Waals surface area contributed by atoms with Crippen LogP contribution in [0.5, 0.6) is 0 Å². The minimum absolute atomic E-state index is 0.189. The van der Waals surface area contributed by atoms with E-state index in [1.165, 1.54) is 32.1 Å². The zero-order chi connectivity index (χ0) is 21.7. The molecule has 1 radical (unpaired) electrons. The molecule has 0 aromatic heterocycles. The van der Waals surface area contributed by atoms with Crippen LogP contribution in [0.25, 0.3) is 0 Å². The highest BCUT2D eigenvalue weighted by atomic mass is 32.1. The van der Waals surface area contributed by atoms with E-state index in [2.05, 4.69) is 59.0 Å². The van der Waals surface area contributed by atoms with Gasteiger partial charge in [0.1, 0.15) is 0 Å². The fourth-order valence-electron chi connectivity index (χ4n) is 5.01. The van der Waals surface area contributed by atoms with E-state index in [0.29, 0.717) is 11.8 Å². The van der Waals surface area contributed by atoms with Gasteiger partial charge in [0, 0.05) is 10.7 Å². The number of carbonyl (C=O) groups excluding carboxylic acids is 1. The fourth-order valence-corrected chi connectivity index (χ4v) is 6.51. The van der Waals surface area contributed by atoms with Gasteiger partial charge in [-0.1, -0.05) is 38.9 Å². The van der Waals surface area contributed by atoms with E-state index in [4.69, 9.17) is 4.65 Å². The molecule has 0 saturated heterocycles. The third kappa shape index (κ3) is 7.14. The molecule has 2 aliphatic carbocycles. The summed E-state index contributed by atoms with van der Waals surface area (Å²) >= 11 is 4.67. The van der Waals surface area contributed by atoms with Crippen LogP contribution >= 0.6 is 20.7 Å². The van der Waals surface area contributed by atoms with Crippen molar-refractivity contribution in [3.8, 4) is 0 Å². The third-order valence-electron chi connectivity index (χ3n) is 7.54. The number of nitrogens with one attached hydrogen (secondary N) is 1. The average molecular weight is 440 g/mol. The number of carbonyl (C=O) groups is 1. The summed E-state index contributed by atoms with van der Waals surface area (Å²) in [5.41, 5.74) is -0.292. The number of hydrogen-bond acceptors (Lipinski definition) is 3. The molecule has 29 heavy (non-hydrogen) atoms. The van der Waals surface area contributed by atoms with Crippen LogP contribution in [-0.4, -0.2) is 36.6 Å². The molecular formula is C23H44BNO2PS. The van der Waals surface area contributed by atoms with Gasteiger partial charge in [-0.15, -0.1) is 0 Å². The van der Waals surface area contributed by atoms with Crippen molar-refractivity contribution in [3.05, 3.63) is 0 Å². The largest absolute Gasteiger partial charge is 0.434 e. The molecule has 1 amide bonds. The molecule has 0 heterocycles. The summed E-state index contributed by atoms with van der Waals surface area (Å²) in [6.07, 6.45) is 11.9. The molecule has 0 aliphatic heterocycles. The summed E-state index contributed by atoms with van der Waals surface area (Å²) in [6, 6.07) is 0. The molecule has 0 spiro atoms. The zero-order valence-electron chi connectivity index (χ0n) is 19.7. The third-order valence-corrected chi connectivity index (χ3v) is 9.66. The molecule has 167 valence electrons. The van der Waals surface area contributed by atoms with Crippen LogP contribution in [0.2, 0.25) is 6.32 Å². The predicted molar refractivity (Wildman–Crippen MR) is 131 cm³/mol. The number of fused-ring (bicyclic) bond motifs is 1. The number of hydrogen-bond donors (Lipinski definition) is 2. The molecule has 3 nitrogen and oxygen atoms in total. The van der Waals surface area contributed by atoms with Gasteiger partial charge in [-0.3, -0.25) is 4.79 Å². The van der Waals surface area contributed by atoms with Gasteiger partial charge in [-0.2, -0.15) is 12.6 Å². The van der Waals surface area contributed by atoms with Crippen molar-refractivity contribution in [2.45, 2.75) is 103 Å². The first-order valence-electron chi connectivity index (χ1n) is 11.8. The molecule has 1 N–H and O–H groups in total. The summed E-state index contributed by atoms with van der Waals surface area (Å²) in [5.74, 6) is 2.73. The topological polar surface area (TPSA) is 38.3 Å². The average Bonchev–Trinajstić information content (AvgIpc) is 3.20. The van der Waals surface area contributed by atoms with Crippen LogP contribution in [0.1, 0.15) is 86.0 Å². The molecule has 5 unspecified atom stereocenters. The predicted octanol–water partition coefficient (Wildman–Crippen LogP) is 6.30. The van der Waals surface area contributed by atoms with Crippen molar-refractivity contribution in [3.63, 3.8) is 0 Å². The van der Waals surface area contributed by atoms with E-state index < -0.39 is 0 Å². The molecule has 2 saturated carbocycles. The lowest BCUT2D eigenvalue weighted by molar-refractivity contribution is -0.124. The van der Waals surface area contributed by atoms with Crippen molar-refractivity contribution in [1.82, 2.24) is 5.09 Å². The Hall–Kier alpha value is 0.275. The number of unbranched alkanes of at least 4 members (excludes halogenated alkanes) is 1. The van der Waals surface area contributed by atoms with Crippen LogP contribution < -0.4 is 5.09 Å². The summed E-state index contributed by atoms with van der Waals surface area (Å²) in [4.78, 5) is 13.1. The van der Waals surface area contributed by atoms with Crippen LogP contribution in [0, 0.1) is 23.7 Å². The Morgan fingerprint density at radius 1 is 1.24 bits per heavy atom. The molecule has 0 aromatic carbocycles. The van der Waals surface area contributed by atoms with E-state index >= 15 is 0 Å². The fraction of sp³-hybridized carbons (Fsp3) is 0.957. The van der Waals surface area contributed by atoms with E-state index in [0.717, 1.165) is 43.6 Å². The SMILES string of the molecule is CCCCP(C)NC(=O)C1CC2CCCC2C1CCC[B]OC(C)(C)C(C)(C)S. The lowest BCUT2D eigenvalue weighted by Crippen LogP contribution is -2.44. The maximum absolute atomic E-state index is 13.1. The highest BCUT2D eigenvalue weighted by Gasteiger charge is 2.47. The lowest BCUT2D eigenvalue weighted by Gasteiger charge is -2.38. The molecule has 2 fully saturated rings. The molecule has 0 aromatic rings. The highest BCUT2D eigenvalue weighted by molar-refractivity contribution is 7.81. The molecule has 5 atom stereocenters. The number of rotatable bonds is 12. The molecule has 0 bridgehead atoms. The Morgan fingerprint density at radius 3 is 2.62 bits per heavy atom. The number of amides is 1. The Bertz CT molecular complexity index is 525. The summed E-state index contributed by atoms with van der Waals surface area (Å²) in [5, 5.41) is 3.40. The minimum Gasteiger partial charge on any atom is -0.434 e. The second-order valence-corrected chi connectivity index (χ2v) is 13.6. The normalized spacial score (nSPS) is 28.2. The van der Waals surface area contributed by atoms with Gasteiger partial charge >= 0.3 is 0 Å². The van der Waals surface area contributed by atoms with Crippen LogP contribution in [0.3, 0.4) is 0 Å². The second-order valence-electron chi connectivity index (χ2n) is 10.4. The lowest BCUT2D eigenvalue weighted by atomic mass is 9.80. The highest BCUT2D eigenvalue weighted by Crippen LogP contribution is 2.52. The first-order chi connectivity index (χ1) is 13.6.